The molecule has 152 valence electrons. The Morgan fingerprint density at radius 3 is 2.41 bits per heavy atom. The van der Waals surface area contributed by atoms with Crippen LogP contribution >= 0.6 is 0 Å². The first-order valence-electron chi connectivity index (χ1n) is 10.8. The second-order valence-corrected chi connectivity index (χ2v) is 11.3. The van der Waals surface area contributed by atoms with Gasteiger partial charge in [-0.05, 0) is 74.8 Å². The van der Waals surface area contributed by atoms with E-state index in [0.717, 1.165) is 65.3 Å². The van der Waals surface area contributed by atoms with Crippen LogP contribution in [0.15, 0.2) is 24.3 Å². The molecule has 1 aromatic carbocycles. The molecule has 4 saturated carbocycles. The van der Waals surface area contributed by atoms with E-state index in [-0.39, 0.29) is 11.3 Å². The number of carbonyl (C=O) groups is 1. The van der Waals surface area contributed by atoms with Gasteiger partial charge in [-0.1, -0.05) is 18.2 Å². The average molecular weight is 410 g/mol. The lowest BCUT2D eigenvalue weighted by molar-refractivity contribution is -0.140. The Kier molecular flexibility index (Phi) is 3.87. The van der Waals surface area contributed by atoms with Gasteiger partial charge in [0.1, 0.15) is 5.82 Å². The number of hydrogen-bond donors (Lipinski definition) is 1. The minimum atomic E-state index is -0.921. The van der Waals surface area contributed by atoms with Crippen molar-refractivity contribution in [3.63, 3.8) is 0 Å². The Morgan fingerprint density at radius 2 is 1.76 bits per heavy atom. The molecule has 2 heterocycles. The first-order valence-corrected chi connectivity index (χ1v) is 12.3. The van der Waals surface area contributed by atoms with E-state index in [4.69, 9.17) is 5.10 Å². The number of carbonyl (C=O) groups excluding carboxylic acids is 1. The number of anilines is 1. The van der Waals surface area contributed by atoms with Gasteiger partial charge in [-0.3, -0.25) is 9.00 Å². The number of nitrogens with one attached hydrogen (secondary N) is 1. The number of fused-ring (bicyclic) bond motifs is 1. The first-order chi connectivity index (χ1) is 14.0. The summed E-state index contributed by atoms with van der Waals surface area (Å²) in [6, 6.07) is 8.11. The number of benzene rings is 1. The van der Waals surface area contributed by atoms with Gasteiger partial charge in [-0.2, -0.15) is 5.10 Å². The van der Waals surface area contributed by atoms with E-state index in [0.29, 0.717) is 11.5 Å². The topological polar surface area (TPSA) is 64.0 Å². The Labute approximate surface area is 173 Å². The van der Waals surface area contributed by atoms with E-state index in [1.807, 2.05) is 22.9 Å². The van der Waals surface area contributed by atoms with Crippen molar-refractivity contribution in [2.75, 3.05) is 5.32 Å². The quantitative estimate of drug-likeness (QED) is 0.830. The lowest BCUT2D eigenvalue weighted by Crippen LogP contribution is -2.52. The summed E-state index contributed by atoms with van der Waals surface area (Å²) in [7, 11) is -0.921. The van der Waals surface area contributed by atoms with Crippen molar-refractivity contribution in [1.82, 2.24) is 9.78 Å². The summed E-state index contributed by atoms with van der Waals surface area (Å²) < 4.78 is 14.1. The molecule has 5 nitrogen and oxygen atoms in total. The zero-order chi connectivity index (χ0) is 19.8. The summed E-state index contributed by atoms with van der Waals surface area (Å²) in [4.78, 5) is 13.7. The number of hydrogen-bond acceptors (Lipinski definition) is 3. The minimum Gasteiger partial charge on any atom is -0.310 e. The summed E-state index contributed by atoms with van der Waals surface area (Å²) in [5.74, 6) is 4.07. The van der Waals surface area contributed by atoms with Crippen LogP contribution in [0, 0.1) is 30.1 Å². The van der Waals surface area contributed by atoms with E-state index >= 15 is 0 Å². The second-order valence-electron chi connectivity index (χ2n) is 9.85. The number of nitrogens with zero attached hydrogens (tertiary/aromatic N) is 2. The Hall–Kier alpha value is -1.95. The minimum absolute atomic E-state index is 0.173. The van der Waals surface area contributed by atoms with Gasteiger partial charge in [0.05, 0.1) is 28.3 Å². The monoisotopic (exact) mass is 409 g/mol. The molecule has 1 aromatic heterocycles. The molecule has 7 rings (SSSR count). The summed E-state index contributed by atoms with van der Waals surface area (Å²) >= 11 is 0. The summed E-state index contributed by atoms with van der Waals surface area (Å²) in [6.45, 7) is 2.06. The van der Waals surface area contributed by atoms with Gasteiger partial charge in [0, 0.05) is 16.4 Å². The highest BCUT2D eigenvalue weighted by atomic mass is 32.2. The van der Waals surface area contributed by atoms with E-state index in [1.165, 1.54) is 19.3 Å². The van der Waals surface area contributed by atoms with Crippen molar-refractivity contribution in [3.05, 3.63) is 41.1 Å². The molecule has 0 spiro atoms. The lowest BCUT2D eigenvalue weighted by Gasteiger charge is -2.55. The number of para-hydroxylation sites is 1. The van der Waals surface area contributed by atoms with Crippen molar-refractivity contribution in [2.45, 2.75) is 57.0 Å². The third-order valence-corrected chi connectivity index (χ3v) is 8.97. The lowest BCUT2D eigenvalue weighted by atomic mass is 9.49. The van der Waals surface area contributed by atoms with Gasteiger partial charge in [-0.15, -0.1) is 0 Å². The number of aryl methyl sites for hydroxylation is 1. The van der Waals surface area contributed by atoms with Crippen LogP contribution in [0.4, 0.5) is 5.82 Å². The molecule has 1 amide bonds. The first kappa shape index (κ1) is 17.9. The molecule has 5 aliphatic rings. The van der Waals surface area contributed by atoms with E-state index in [9.17, 15) is 9.00 Å². The maximum Gasteiger partial charge on any atom is 0.231 e. The average Bonchev–Trinajstić information content (AvgIpc) is 3.18. The Bertz CT molecular complexity index is 1010. The molecule has 6 heteroatoms. The van der Waals surface area contributed by atoms with Crippen LogP contribution in [0.25, 0.3) is 5.69 Å². The van der Waals surface area contributed by atoms with Crippen molar-refractivity contribution in [2.24, 2.45) is 23.2 Å². The van der Waals surface area contributed by atoms with Gasteiger partial charge in [0.25, 0.3) is 0 Å². The third-order valence-electron chi connectivity index (χ3n) is 7.77. The van der Waals surface area contributed by atoms with Gasteiger partial charge in [0.15, 0.2) is 0 Å². The Balaban J connectivity index is 1.39. The van der Waals surface area contributed by atoms with Crippen LogP contribution in [-0.2, 0) is 27.1 Å². The molecular formula is C23H27N3O2S. The molecule has 0 unspecified atom stereocenters. The molecule has 4 aliphatic carbocycles. The third kappa shape index (κ3) is 2.75. The van der Waals surface area contributed by atoms with Crippen LogP contribution < -0.4 is 5.32 Å². The summed E-state index contributed by atoms with van der Waals surface area (Å²) in [5, 5.41) is 8.10. The van der Waals surface area contributed by atoms with Crippen LogP contribution in [0.1, 0.15) is 55.3 Å². The number of amides is 1. The largest absolute Gasteiger partial charge is 0.310 e. The SMILES string of the molecule is Cc1ccccc1-n1nc2c(c1NC(=O)C13CC4CC(CC(C4)C1)C3)C[S@](=O)C2. The van der Waals surface area contributed by atoms with Crippen LogP contribution in [0.2, 0.25) is 0 Å². The van der Waals surface area contributed by atoms with Crippen molar-refractivity contribution >= 4 is 22.5 Å². The highest BCUT2D eigenvalue weighted by molar-refractivity contribution is 7.83. The van der Waals surface area contributed by atoms with Crippen molar-refractivity contribution < 1.29 is 9.00 Å². The summed E-state index contributed by atoms with van der Waals surface area (Å²) in [5.41, 5.74) is 3.71. The van der Waals surface area contributed by atoms with E-state index in [1.54, 1.807) is 0 Å². The molecule has 0 radical (unpaired) electrons. The van der Waals surface area contributed by atoms with E-state index in [2.05, 4.69) is 18.3 Å². The van der Waals surface area contributed by atoms with Crippen LogP contribution in [0.3, 0.4) is 0 Å². The van der Waals surface area contributed by atoms with Gasteiger partial charge >= 0.3 is 0 Å². The predicted octanol–water partition coefficient (Wildman–Crippen LogP) is 4.10. The van der Waals surface area contributed by atoms with Gasteiger partial charge < -0.3 is 5.32 Å². The molecule has 1 aliphatic heterocycles. The highest BCUT2D eigenvalue weighted by Crippen LogP contribution is 2.60. The molecular weight excluding hydrogens is 382 g/mol. The van der Waals surface area contributed by atoms with Gasteiger partial charge in [0.2, 0.25) is 5.91 Å². The number of aromatic nitrogens is 2. The Morgan fingerprint density at radius 1 is 1.10 bits per heavy atom. The second kappa shape index (κ2) is 6.27. The molecule has 0 saturated heterocycles. The molecule has 4 bridgehead atoms. The molecule has 29 heavy (non-hydrogen) atoms. The van der Waals surface area contributed by atoms with Crippen molar-refractivity contribution in [3.8, 4) is 5.69 Å². The smallest absolute Gasteiger partial charge is 0.231 e. The standard InChI is InChI=1S/C23H27N3O2S/c1-14-4-2-3-5-20(14)26-21(18-12-29(28)13-19(18)25-26)24-22(27)23-9-15-6-16(10-23)8-17(7-15)11-23/h2-5,15-17H,6-13H2,1H3,(H,24,27)/t15?,16?,17?,23?,29-/m0/s1. The summed E-state index contributed by atoms with van der Waals surface area (Å²) in [6.07, 6.45) is 7.08. The van der Waals surface area contributed by atoms with E-state index < -0.39 is 10.8 Å². The fraction of sp³-hybridized carbons (Fsp3) is 0.565. The zero-order valence-corrected chi connectivity index (χ0v) is 17.6. The molecule has 4 fully saturated rings. The fourth-order valence-corrected chi connectivity index (χ4v) is 8.12. The molecule has 1 N–H and O–H groups in total. The zero-order valence-electron chi connectivity index (χ0n) is 16.8. The van der Waals surface area contributed by atoms with Crippen LogP contribution in [-0.4, -0.2) is 19.9 Å². The molecule has 2 aromatic rings. The highest BCUT2D eigenvalue weighted by Gasteiger charge is 2.54. The fourth-order valence-electron chi connectivity index (χ4n) is 6.86. The maximum atomic E-state index is 13.7. The normalized spacial score (nSPS) is 34.4. The molecule has 1 atom stereocenters. The maximum absolute atomic E-state index is 13.7. The predicted molar refractivity (Wildman–Crippen MR) is 113 cm³/mol. The van der Waals surface area contributed by atoms with Gasteiger partial charge in [-0.25, -0.2) is 4.68 Å². The van der Waals surface area contributed by atoms with Crippen molar-refractivity contribution in [1.29, 1.82) is 0 Å². The number of rotatable bonds is 3. The van der Waals surface area contributed by atoms with Crippen LogP contribution in [0.5, 0.6) is 0 Å².